The van der Waals surface area contributed by atoms with Crippen LogP contribution in [0.2, 0.25) is 0 Å². The van der Waals surface area contributed by atoms with Crippen LogP contribution in [0.4, 0.5) is 4.39 Å². The Morgan fingerprint density at radius 3 is 2.75 bits per heavy atom. The fraction of sp³-hybridized carbons (Fsp3) is 0.368. The van der Waals surface area contributed by atoms with Crippen LogP contribution in [0.1, 0.15) is 52.5 Å². The van der Waals surface area contributed by atoms with Gasteiger partial charge in [-0.2, -0.15) is 0 Å². The first kappa shape index (κ1) is 15.1. The molecule has 1 aromatic carbocycles. The Hall–Kier alpha value is -2.43. The van der Waals surface area contributed by atoms with Crippen molar-refractivity contribution in [2.24, 2.45) is 0 Å². The molecule has 0 bridgehead atoms. The van der Waals surface area contributed by atoms with E-state index >= 15 is 0 Å². The van der Waals surface area contributed by atoms with E-state index in [1.807, 2.05) is 0 Å². The van der Waals surface area contributed by atoms with Crippen LogP contribution in [-0.2, 0) is 12.8 Å². The van der Waals surface area contributed by atoms with E-state index in [4.69, 9.17) is 0 Å². The highest BCUT2D eigenvalue weighted by Gasteiger charge is 2.32. The largest absolute Gasteiger partial charge is 0.331 e. The number of halogens is 1. The van der Waals surface area contributed by atoms with E-state index in [0.29, 0.717) is 6.54 Å². The Morgan fingerprint density at radius 2 is 1.96 bits per heavy atom. The third-order valence-corrected chi connectivity index (χ3v) is 5.09. The number of nitrogens with one attached hydrogen (secondary N) is 1. The molecule has 1 aromatic heterocycles. The zero-order valence-electron chi connectivity index (χ0n) is 13.3. The summed E-state index contributed by atoms with van der Waals surface area (Å²) in [5.74, 6) is -0.512. The number of aromatic nitrogens is 1. The predicted octanol–water partition coefficient (Wildman–Crippen LogP) is 2.98. The van der Waals surface area contributed by atoms with Gasteiger partial charge in [0.25, 0.3) is 11.5 Å². The van der Waals surface area contributed by atoms with E-state index in [1.54, 1.807) is 23.1 Å². The van der Waals surface area contributed by atoms with Crippen LogP contribution in [0.15, 0.2) is 35.1 Å². The molecule has 0 unspecified atom stereocenters. The third-order valence-electron chi connectivity index (χ3n) is 5.09. The first-order valence-electron chi connectivity index (χ1n) is 8.45. The summed E-state index contributed by atoms with van der Waals surface area (Å²) < 4.78 is 13.1. The fourth-order valence-electron chi connectivity index (χ4n) is 3.87. The monoisotopic (exact) mass is 326 g/mol. The minimum Gasteiger partial charge on any atom is -0.331 e. The number of aryl methyl sites for hydroxylation is 2. The minimum absolute atomic E-state index is 0.0919. The van der Waals surface area contributed by atoms with E-state index in [2.05, 4.69) is 4.98 Å². The summed E-state index contributed by atoms with van der Waals surface area (Å²) >= 11 is 0. The molecule has 4 nitrogen and oxygen atoms in total. The van der Waals surface area contributed by atoms with Gasteiger partial charge in [0.1, 0.15) is 11.4 Å². The van der Waals surface area contributed by atoms with Gasteiger partial charge in [0.2, 0.25) is 0 Å². The Kier molecular flexibility index (Phi) is 3.71. The standard InChI is InChI=1S/C19H19FN2O2/c20-14-8-6-12(7-9-14)17-5-2-10-22(17)19(24)15-11-13-3-1-4-16(13)21-18(15)23/h6-9,11,17H,1-5,10H2,(H,21,23)/t17-/m1/s1. The van der Waals surface area contributed by atoms with Crippen LogP contribution in [0, 0.1) is 5.82 Å². The molecule has 2 aliphatic rings. The van der Waals surface area contributed by atoms with Crippen molar-refractivity contribution < 1.29 is 9.18 Å². The summed E-state index contributed by atoms with van der Waals surface area (Å²) in [7, 11) is 0. The van der Waals surface area contributed by atoms with Gasteiger partial charge in [0.05, 0.1) is 6.04 Å². The van der Waals surface area contributed by atoms with Gasteiger partial charge in [0, 0.05) is 12.2 Å². The molecule has 4 rings (SSSR count). The molecule has 24 heavy (non-hydrogen) atoms. The maximum Gasteiger partial charge on any atom is 0.261 e. The smallest absolute Gasteiger partial charge is 0.261 e. The van der Waals surface area contributed by atoms with Crippen molar-refractivity contribution in [3.8, 4) is 0 Å². The molecule has 2 aromatic rings. The first-order valence-corrected chi connectivity index (χ1v) is 8.45. The van der Waals surface area contributed by atoms with Crippen LogP contribution in [0.25, 0.3) is 0 Å². The number of aromatic amines is 1. The molecule has 1 fully saturated rings. The number of H-pyrrole nitrogens is 1. The summed E-state index contributed by atoms with van der Waals surface area (Å²) in [6.45, 7) is 0.622. The number of amides is 1. The average molecular weight is 326 g/mol. The van der Waals surface area contributed by atoms with Crippen molar-refractivity contribution in [2.45, 2.75) is 38.1 Å². The second-order valence-corrected chi connectivity index (χ2v) is 6.58. The summed E-state index contributed by atoms with van der Waals surface area (Å²) in [6, 6.07) is 7.95. The SMILES string of the molecule is O=C(c1cc2c([nH]c1=O)CCC2)N1CCC[C@@H]1c1ccc(F)cc1. The van der Waals surface area contributed by atoms with E-state index in [-0.39, 0.29) is 28.9 Å². The first-order chi connectivity index (χ1) is 11.6. The quantitative estimate of drug-likeness (QED) is 0.922. The normalized spacial score (nSPS) is 19.5. The lowest BCUT2D eigenvalue weighted by molar-refractivity contribution is 0.0733. The molecule has 1 aliphatic heterocycles. The summed E-state index contributed by atoms with van der Waals surface area (Å²) in [6.07, 6.45) is 4.52. The second kappa shape index (κ2) is 5.89. The number of benzene rings is 1. The van der Waals surface area contributed by atoms with Crippen molar-refractivity contribution in [2.75, 3.05) is 6.54 Å². The maximum atomic E-state index is 13.1. The number of likely N-dealkylation sites (tertiary alicyclic amines) is 1. The Morgan fingerprint density at radius 1 is 1.17 bits per heavy atom. The number of fused-ring (bicyclic) bond motifs is 1. The van der Waals surface area contributed by atoms with Crippen LogP contribution in [-0.4, -0.2) is 22.3 Å². The third kappa shape index (κ3) is 2.54. The average Bonchev–Trinajstić information content (AvgIpc) is 3.22. The van der Waals surface area contributed by atoms with Crippen LogP contribution < -0.4 is 5.56 Å². The molecule has 1 aliphatic carbocycles. The van der Waals surface area contributed by atoms with Crippen LogP contribution in [0.3, 0.4) is 0 Å². The van der Waals surface area contributed by atoms with Gasteiger partial charge >= 0.3 is 0 Å². The number of rotatable bonds is 2. The molecule has 124 valence electrons. The van der Waals surface area contributed by atoms with Gasteiger partial charge in [-0.05, 0) is 61.4 Å². The van der Waals surface area contributed by atoms with Crippen LogP contribution in [0.5, 0.6) is 0 Å². The number of nitrogens with zero attached hydrogens (tertiary/aromatic N) is 1. The molecule has 5 heteroatoms. The fourth-order valence-corrected chi connectivity index (χ4v) is 3.87. The van der Waals surface area contributed by atoms with Gasteiger partial charge in [-0.15, -0.1) is 0 Å². The Bertz CT molecular complexity index is 841. The van der Waals surface area contributed by atoms with Crippen molar-refractivity contribution >= 4 is 5.91 Å². The molecular weight excluding hydrogens is 307 g/mol. The molecule has 1 N–H and O–H groups in total. The van der Waals surface area contributed by atoms with E-state index in [0.717, 1.165) is 48.9 Å². The number of carbonyl (C=O) groups is 1. The Balaban J connectivity index is 1.66. The van der Waals surface area contributed by atoms with Crippen LogP contribution >= 0.6 is 0 Å². The van der Waals surface area contributed by atoms with E-state index in [9.17, 15) is 14.0 Å². The van der Waals surface area contributed by atoms with E-state index < -0.39 is 0 Å². The van der Waals surface area contributed by atoms with Gasteiger partial charge < -0.3 is 9.88 Å². The predicted molar refractivity (Wildman–Crippen MR) is 88.5 cm³/mol. The molecule has 1 saturated heterocycles. The summed E-state index contributed by atoms with van der Waals surface area (Å²) in [5, 5.41) is 0. The molecule has 1 amide bonds. The summed E-state index contributed by atoms with van der Waals surface area (Å²) in [5.41, 5.74) is 2.89. The number of carbonyl (C=O) groups excluding carboxylic acids is 1. The molecule has 1 atom stereocenters. The molecule has 0 radical (unpaired) electrons. The highest BCUT2D eigenvalue weighted by molar-refractivity contribution is 5.94. The van der Waals surface area contributed by atoms with Gasteiger partial charge in [0.15, 0.2) is 0 Å². The lowest BCUT2D eigenvalue weighted by Gasteiger charge is -2.25. The maximum absolute atomic E-state index is 13.1. The molecule has 0 spiro atoms. The minimum atomic E-state index is -0.301. The number of hydrogen-bond donors (Lipinski definition) is 1. The topological polar surface area (TPSA) is 53.2 Å². The number of pyridine rings is 1. The van der Waals surface area contributed by atoms with Gasteiger partial charge in [-0.1, -0.05) is 12.1 Å². The van der Waals surface area contributed by atoms with Gasteiger partial charge in [-0.3, -0.25) is 9.59 Å². The zero-order valence-corrected chi connectivity index (χ0v) is 13.3. The highest BCUT2D eigenvalue weighted by Crippen LogP contribution is 2.33. The molecule has 2 heterocycles. The lowest BCUT2D eigenvalue weighted by Crippen LogP contribution is -2.34. The second-order valence-electron chi connectivity index (χ2n) is 6.58. The summed E-state index contributed by atoms with van der Waals surface area (Å²) in [4.78, 5) is 29.9. The molecule has 0 saturated carbocycles. The number of hydrogen-bond acceptors (Lipinski definition) is 2. The molecular formula is C19H19FN2O2. The van der Waals surface area contributed by atoms with E-state index in [1.165, 1.54) is 12.1 Å². The zero-order chi connectivity index (χ0) is 16.7. The van der Waals surface area contributed by atoms with Crippen molar-refractivity contribution in [1.29, 1.82) is 0 Å². The van der Waals surface area contributed by atoms with Crippen molar-refractivity contribution in [1.82, 2.24) is 9.88 Å². The van der Waals surface area contributed by atoms with Gasteiger partial charge in [-0.25, -0.2) is 4.39 Å². The van der Waals surface area contributed by atoms with Crippen molar-refractivity contribution in [3.05, 3.63) is 68.9 Å². The lowest BCUT2D eigenvalue weighted by atomic mass is 10.0. The Labute approximate surface area is 139 Å². The highest BCUT2D eigenvalue weighted by atomic mass is 19.1. The van der Waals surface area contributed by atoms with Crippen molar-refractivity contribution in [3.63, 3.8) is 0 Å².